The monoisotopic (exact) mass is 220 g/mol. The average molecular weight is 221 g/mol. The van der Waals surface area contributed by atoms with E-state index in [1.165, 1.54) is 13.5 Å². The molecule has 2 saturated heterocycles. The molecule has 0 spiro atoms. The highest BCUT2D eigenvalue weighted by atomic mass is 35.5. The molecular formula is C9H17ClN2O2. The minimum atomic E-state index is -0.218. The van der Waals surface area contributed by atoms with Crippen LogP contribution < -0.4 is 5.73 Å². The number of nitrogens with two attached hydrogens (primary N) is 1. The molecule has 2 heterocycles. The lowest BCUT2D eigenvalue weighted by Gasteiger charge is -2.47. The van der Waals surface area contributed by atoms with E-state index in [4.69, 9.17) is 10.5 Å². The third-order valence-corrected chi connectivity index (χ3v) is 3.23. The Morgan fingerprint density at radius 1 is 1.50 bits per heavy atom. The second kappa shape index (κ2) is 4.36. The molecule has 1 aliphatic carbocycles. The van der Waals surface area contributed by atoms with Crippen molar-refractivity contribution >= 4 is 18.5 Å². The second-order valence-electron chi connectivity index (χ2n) is 4.03. The number of hydrogen-bond acceptors (Lipinski definition) is 3. The number of methoxy groups -OCH3 is 1. The molecule has 82 valence electrons. The van der Waals surface area contributed by atoms with Gasteiger partial charge in [0.1, 0.15) is 0 Å². The van der Waals surface area contributed by atoms with Crippen LogP contribution in [-0.2, 0) is 4.74 Å². The largest absolute Gasteiger partial charge is 0.453 e. The highest BCUT2D eigenvalue weighted by Gasteiger charge is 2.41. The minimum Gasteiger partial charge on any atom is -0.453 e. The van der Waals surface area contributed by atoms with Crippen molar-refractivity contribution in [3.63, 3.8) is 0 Å². The lowest BCUT2D eigenvalue weighted by Crippen LogP contribution is -2.60. The summed E-state index contributed by atoms with van der Waals surface area (Å²) in [6, 6.07) is 0.379. The molecule has 3 unspecified atom stereocenters. The van der Waals surface area contributed by atoms with Crippen LogP contribution in [0, 0.1) is 5.92 Å². The summed E-state index contributed by atoms with van der Waals surface area (Å²) in [5.74, 6) is 0.596. The highest BCUT2D eigenvalue weighted by Crippen LogP contribution is 2.34. The van der Waals surface area contributed by atoms with Crippen molar-refractivity contribution in [2.24, 2.45) is 11.7 Å². The first-order valence-corrected chi connectivity index (χ1v) is 4.82. The number of carbonyl (C=O) groups excluding carboxylic acids is 1. The summed E-state index contributed by atoms with van der Waals surface area (Å²) in [6.07, 6.45) is 3.11. The Balaban J connectivity index is 0.000000980. The van der Waals surface area contributed by atoms with Crippen LogP contribution in [0.2, 0.25) is 0 Å². The third kappa shape index (κ3) is 1.81. The summed E-state index contributed by atoms with van der Waals surface area (Å²) in [7, 11) is 1.43. The van der Waals surface area contributed by atoms with Gasteiger partial charge in [-0.2, -0.15) is 0 Å². The molecule has 3 atom stereocenters. The van der Waals surface area contributed by atoms with Crippen LogP contribution in [0.5, 0.6) is 0 Å². The van der Waals surface area contributed by atoms with Crippen molar-refractivity contribution in [2.75, 3.05) is 13.7 Å². The Labute approximate surface area is 90.2 Å². The van der Waals surface area contributed by atoms with Crippen molar-refractivity contribution in [1.29, 1.82) is 0 Å². The SMILES string of the molecule is COC(=O)N1CC2CCC1C(N)C2.Cl. The molecular weight excluding hydrogens is 204 g/mol. The van der Waals surface area contributed by atoms with Gasteiger partial charge in [-0.15, -0.1) is 12.4 Å². The van der Waals surface area contributed by atoms with Gasteiger partial charge in [0.05, 0.1) is 13.2 Å². The molecule has 2 aliphatic heterocycles. The second-order valence-corrected chi connectivity index (χ2v) is 4.03. The van der Waals surface area contributed by atoms with E-state index in [0.717, 1.165) is 19.4 Å². The van der Waals surface area contributed by atoms with Gasteiger partial charge in [0.15, 0.2) is 0 Å². The molecule has 0 aromatic rings. The van der Waals surface area contributed by atoms with Crippen LogP contribution >= 0.6 is 12.4 Å². The van der Waals surface area contributed by atoms with E-state index in [0.29, 0.717) is 5.92 Å². The molecule has 3 aliphatic rings. The molecule has 5 heteroatoms. The molecule has 2 N–H and O–H groups in total. The van der Waals surface area contributed by atoms with E-state index < -0.39 is 0 Å². The summed E-state index contributed by atoms with van der Waals surface area (Å²) >= 11 is 0. The van der Waals surface area contributed by atoms with Gasteiger partial charge >= 0.3 is 6.09 Å². The molecule has 3 rings (SSSR count). The Kier molecular flexibility index (Phi) is 3.61. The predicted octanol–water partition coefficient (Wildman–Crippen LogP) is 0.986. The third-order valence-electron chi connectivity index (χ3n) is 3.23. The van der Waals surface area contributed by atoms with Gasteiger partial charge in [0, 0.05) is 12.6 Å². The van der Waals surface area contributed by atoms with Crippen LogP contribution in [0.4, 0.5) is 4.79 Å². The summed E-state index contributed by atoms with van der Waals surface area (Å²) < 4.78 is 4.72. The molecule has 3 fully saturated rings. The molecule has 1 amide bonds. The number of fused-ring (bicyclic) bond motifs is 3. The Morgan fingerprint density at radius 2 is 2.21 bits per heavy atom. The molecule has 2 bridgehead atoms. The van der Waals surface area contributed by atoms with E-state index >= 15 is 0 Å². The van der Waals surface area contributed by atoms with Gasteiger partial charge in [0.2, 0.25) is 0 Å². The first-order valence-electron chi connectivity index (χ1n) is 4.82. The number of rotatable bonds is 0. The van der Waals surface area contributed by atoms with Crippen LogP contribution in [0.1, 0.15) is 19.3 Å². The standard InChI is InChI=1S/C9H16N2O2.ClH/c1-13-9(12)11-5-6-2-3-8(11)7(10)4-6;/h6-8H,2-5,10H2,1H3;1H. The van der Waals surface area contributed by atoms with Crippen molar-refractivity contribution in [1.82, 2.24) is 4.90 Å². The zero-order chi connectivity index (χ0) is 9.42. The lowest BCUT2D eigenvalue weighted by molar-refractivity contribution is 0.0276. The lowest BCUT2D eigenvalue weighted by atomic mass is 9.77. The fourth-order valence-corrected chi connectivity index (χ4v) is 2.57. The maximum atomic E-state index is 11.4. The first-order chi connectivity index (χ1) is 6.22. The highest BCUT2D eigenvalue weighted by molar-refractivity contribution is 5.85. The van der Waals surface area contributed by atoms with E-state index in [1.807, 2.05) is 0 Å². The van der Waals surface area contributed by atoms with Gasteiger partial charge in [0.25, 0.3) is 0 Å². The normalized spacial score (nSPS) is 35.0. The summed E-state index contributed by atoms with van der Waals surface area (Å²) in [5, 5.41) is 0. The summed E-state index contributed by atoms with van der Waals surface area (Å²) in [5.41, 5.74) is 5.95. The zero-order valence-corrected chi connectivity index (χ0v) is 9.13. The van der Waals surface area contributed by atoms with Gasteiger partial charge in [-0.25, -0.2) is 4.79 Å². The van der Waals surface area contributed by atoms with Gasteiger partial charge < -0.3 is 15.4 Å². The fraction of sp³-hybridized carbons (Fsp3) is 0.889. The molecule has 1 saturated carbocycles. The topological polar surface area (TPSA) is 55.6 Å². The minimum absolute atomic E-state index is 0. The van der Waals surface area contributed by atoms with Gasteiger partial charge in [-0.05, 0) is 25.2 Å². The number of ether oxygens (including phenoxy) is 1. The Hall–Kier alpha value is -0.480. The first kappa shape index (κ1) is 11.6. The number of piperidine rings is 2. The number of hydrogen-bond donors (Lipinski definition) is 1. The van der Waals surface area contributed by atoms with Crippen LogP contribution in [-0.4, -0.2) is 36.7 Å². The van der Waals surface area contributed by atoms with Crippen LogP contribution in [0.25, 0.3) is 0 Å². The number of nitrogens with zero attached hydrogens (tertiary/aromatic N) is 1. The maximum absolute atomic E-state index is 11.4. The van der Waals surface area contributed by atoms with Crippen molar-refractivity contribution < 1.29 is 9.53 Å². The van der Waals surface area contributed by atoms with Crippen molar-refractivity contribution in [3.8, 4) is 0 Å². The van der Waals surface area contributed by atoms with E-state index in [9.17, 15) is 4.79 Å². The zero-order valence-electron chi connectivity index (χ0n) is 8.31. The molecule has 14 heavy (non-hydrogen) atoms. The molecule has 0 aromatic heterocycles. The van der Waals surface area contributed by atoms with Crippen molar-refractivity contribution in [2.45, 2.75) is 31.3 Å². The molecule has 4 nitrogen and oxygen atoms in total. The van der Waals surface area contributed by atoms with E-state index in [-0.39, 0.29) is 30.6 Å². The number of amides is 1. The molecule has 0 aromatic carbocycles. The smallest absolute Gasteiger partial charge is 0.409 e. The number of halogens is 1. The van der Waals surface area contributed by atoms with Gasteiger partial charge in [-0.1, -0.05) is 0 Å². The summed E-state index contributed by atoms with van der Waals surface area (Å²) in [4.78, 5) is 13.1. The average Bonchev–Trinajstić information content (AvgIpc) is 2.17. The fourth-order valence-electron chi connectivity index (χ4n) is 2.57. The quantitative estimate of drug-likeness (QED) is 0.662. The van der Waals surface area contributed by atoms with E-state index in [2.05, 4.69) is 0 Å². The Morgan fingerprint density at radius 3 is 2.71 bits per heavy atom. The van der Waals surface area contributed by atoms with Gasteiger partial charge in [-0.3, -0.25) is 0 Å². The maximum Gasteiger partial charge on any atom is 0.409 e. The summed E-state index contributed by atoms with van der Waals surface area (Å²) in [6.45, 7) is 0.838. The number of carbonyl (C=O) groups is 1. The van der Waals surface area contributed by atoms with E-state index in [1.54, 1.807) is 4.90 Å². The Bertz CT molecular complexity index is 225. The molecule has 0 radical (unpaired) electrons. The predicted molar refractivity (Wildman–Crippen MR) is 55.5 cm³/mol. The van der Waals surface area contributed by atoms with Crippen LogP contribution in [0.15, 0.2) is 0 Å². The van der Waals surface area contributed by atoms with Crippen LogP contribution in [0.3, 0.4) is 0 Å². The van der Waals surface area contributed by atoms with Crippen molar-refractivity contribution in [3.05, 3.63) is 0 Å².